The minimum atomic E-state index is -3.76. The van der Waals surface area contributed by atoms with Gasteiger partial charge in [-0.15, -0.1) is 11.3 Å². The molecule has 2 aromatic rings. The molecule has 0 amide bonds. The molecule has 0 radical (unpaired) electrons. The van der Waals surface area contributed by atoms with Crippen LogP contribution in [0.2, 0.25) is 0 Å². The van der Waals surface area contributed by atoms with Gasteiger partial charge in [-0.3, -0.25) is 4.72 Å². The summed E-state index contributed by atoms with van der Waals surface area (Å²) >= 11 is 0.882. The number of aromatic carboxylic acids is 1. The maximum atomic E-state index is 12.2. The van der Waals surface area contributed by atoms with Crippen LogP contribution in [0.4, 0.5) is 5.69 Å². The van der Waals surface area contributed by atoms with E-state index >= 15 is 0 Å². The maximum Gasteiger partial charge on any atom is 0.336 e. The molecule has 2 rings (SSSR count). The highest BCUT2D eigenvalue weighted by Crippen LogP contribution is 2.25. The first-order chi connectivity index (χ1) is 9.29. The number of benzene rings is 1. The zero-order valence-electron chi connectivity index (χ0n) is 10.9. The molecule has 0 saturated carbocycles. The van der Waals surface area contributed by atoms with E-state index in [9.17, 15) is 13.2 Å². The summed E-state index contributed by atoms with van der Waals surface area (Å²) in [6.45, 7) is 3.73. The predicted octanol–water partition coefficient (Wildman–Crippen LogP) is 2.86. The van der Waals surface area contributed by atoms with E-state index in [1.54, 1.807) is 6.07 Å². The molecule has 1 heterocycles. The number of nitrogens with one attached hydrogen (secondary N) is 1. The molecule has 0 atom stereocenters. The third kappa shape index (κ3) is 3.00. The summed E-state index contributed by atoms with van der Waals surface area (Å²) in [5.74, 6) is -1.14. The quantitative estimate of drug-likeness (QED) is 0.909. The van der Waals surface area contributed by atoms with Crippen molar-refractivity contribution in [2.75, 3.05) is 4.72 Å². The Hall–Kier alpha value is -1.86. The number of hydrogen-bond donors (Lipinski definition) is 2. The second-order valence-electron chi connectivity index (χ2n) is 4.38. The fourth-order valence-corrected chi connectivity index (χ4v) is 3.98. The van der Waals surface area contributed by atoms with Gasteiger partial charge < -0.3 is 5.11 Å². The Labute approximate surface area is 120 Å². The molecular formula is C13H13NO4S2. The zero-order valence-corrected chi connectivity index (χ0v) is 12.5. The van der Waals surface area contributed by atoms with Crippen LogP contribution in [0.25, 0.3) is 0 Å². The van der Waals surface area contributed by atoms with Gasteiger partial charge in [0.25, 0.3) is 10.0 Å². The largest absolute Gasteiger partial charge is 0.478 e. The Morgan fingerprint density at radius 3 is 2.50 bits per heavy atom. The van der Waals surface area contributed by atoms with E-state index in [2.05, 4.69) is 4.72 Å². The minimum absolute atomic E-state index is 0.0186. The molecular weight excluding hydrogens is 298 g/mol. The average molecular weight is 311 g/mol. The lowest BCUT2D eigenvalue weighted by atomic mass is 10.1. The summed E-state index contributed by atoms with van der Waals surface area (Å²) in [5, 5.41) is 10.1. The van der Waals surface area contributed by atoms with Crippen LogP contribution in [0.5, 0.6) is 0 Å². The number of anilines is 1. The van der Waals surface area contributed by atoms with Crippen LogP contribution in [0.1, 0.15) is 21.5 Å². The standard InChI is InChI=1S/C13H13NO4S2/c1-8-3-4-11(9(2)5-8)14-20(17,18)12-6-10(7-19-12)13(15)16/h3-7,14H,1-2H3,(H,15,16). The highest BCUT2D eigenvalue weighted by Gasteiger charge is 2.19. The van der Waals surface area contributed by atoms with Gasteiger partial charge in [0.15, 0.2) is 0 Å². The maximum absolute atomic E-state index is 12.2. The average Bonchev–Trinajstić information content (AvgIpc) is 2.83. The summed E-state index contributed by atoms with van der Waals surface area (Å²) in [4.78, 5) is 10.8. The molecule has 1 aromatic carbocycles. The third-order valence-electron chi connectivity index (χ3n) is 2.71. The third-order valence-corrected chi connectivity index (χ3v) is 5.52. The van der Waals surface area contributed by atoms with Crippen LogP contribution >= 0.6 is 11.3 Å². The van der Waals surface area contributed by atoms with Crippen LogP contribution in [0.15, 0.2) is 33.9 Å². The Morgan fingerprint density at radius 2 is 1.95 bits per heavy atom. The van der Waals surface area contributed by atoms with Crippen molar-refractivity contribution in [2.45, 2.75) is 18.1 Å². The topological polar surface area (TPSA) is 83.5 Å². The van der Waals surface area contributed by atoms with E-state index in [1.807, 2.05) is 26.0 Å². The first kappa shape index (κ1) is 14.5. The Balaban J connectivity index is 2.33. The molecule has 0 aliphatic carbocycles. The predicted molar refractivity (Wildman–Crippen MR) is 78.0 cm³/mol. The molecule has 106 valence electrons. The molecule has 0 saturated heterocycles. The van der Waals surface area contributed by atoms with Gasteiger partial charge in [0.2, 0.25) is 0 Å². The summed E-state index contributed by atoms with van der Waals surface area (Å²) in [7, 11) is -3.76. The summed E-state index contributed by atoms with van der Waals surface area (Å²) in [6, 6.07) is 6.52. The van der Waals surface area contributed by atoms with Crippen molar-refractivity contribution in [3.05, 3.63) is 46.3 Å². The van der Waals surface area contributed by atoms with Crippen molar-refractivity contribution in [3.63, 3.8) is 0 Å². The second-order valence-corrected chi connectivity index (χ2v) is 7.20. The number of thiophene rings is 1. The fraction of sp³-hybridized carbons (Fsp3) is 0.154. The van der Waals surface area contributed by atoms with E-state index in [0.717, 1.165) is 28.5 Å². The first-order valence-electron chi connectivity index (χ1n) is 5.71. The molecule has 7 heteroatoms. The number of carboxylic acids is 1. The zero-order chi connectivity index (χ0) is 14.9. The molecule has 0 fully saturated rings. The van der Waals surface area contributed by atoms with E-state index in [1.165, 1.54) is 5.38 Å². The van der Waals surface area contributed by atoms with Gasteiger partial charge >= 0.3 is 5.97 Å². The Morgan fingerprint density at radius 1 is 1.25 bits per heavy atom. The van der Waals surface area contributed by atoms with Crippen molar-refractivity contribution in [1.82, 2.24) is 0 Å². The van der Waals surface area contributed by atoms with Crippen LogP contribution in [-0.2, 0) is 10.0 Å². The van der Waals surface area contributed by atoms with E-state index in [0.29, 0.717) is 5.69 Å². The number of hydrogen-bond acceptors (Lipinski definition) is 4. The van der Waals surface area contributed by atoms with Crippen molar-refractivity contribution >= 4 is 33.0 Å². The number of aryl methyl sites for hydroxylation is 2. The van der Waals surface area contributed by atoms with Crippen molar-refractivity contribution < 1.29 is 18.3 Å². The monoisotopic (exact) mass is 311 g/mol. The fourth-order valence-electron chi connectivity index (χ4n) is 1.69. The molecule has 0 bridgehead atoms. The minimum Gasteiger partial charge on any atom is -0.478 e. The van der Waals surface area contributed by atoms with E-state index in [-0.39, 0.29) is 9.77 Å². The van der Waals surface area contributed by atoms with Gasteiger partial charge in [0.05, 0.1) is 11.3 Å². The second kappa shape index (κ2) is 5.26. The molecule has 0 spiro atoms. The normalized spacial score (nSPS) is 11.3. The number of carboxylic acid groups (broad SMARTS) is 1. The molecule has 2 N–H and O–H groups in total. The highest BCUT2D eigenvalue weighted by molar-refractivity contribution is 7.94. The lowest BCUT2D eigenvalue weighted by Crippen LogP contribution is -2.12. The van der Waals surface area contributed by atoms with Crippen LogP contribution in [0.3, 0.4) is 0 Å². The molecule has 0 unspecified atom stereocenters. The molecule has 1 aromatic heterocycles. The van der Waals surface area contributed by atoms with Gasteiger partial charge in [-0.25, -0.2) is 13.2 Å². The van der Waals surface area contributed by atoms with Crippen molar-refractivity contribution in [2.24, 2.45) is 0 Å². The van der Waals surface area contributed by atoms with Crippen molar-refractivity contribution in [1.29, 1.82) is 0 Å². The molecule has 0 aliphatic heterocycles. The van der Waals surface area contributed by atoms with Gasteiger partial charge in [0.1, 0.15) is 4.21 Å². The number of sulfonamides is 1. The summed E-state index contributed by atoms with van der Waals surface area (Å²) < 4.78 is 26.8. The molecule has 5 nitrogen and oxygen atoms in total. The summed E-state index contributed by atoms with van der Waals surface area (Å²) in [6.07, 6.45) is 0. The molecule has 0 aliphatic rings. The van der Waals surface area contributed by atoms with E-state index < -0.39 is 16.0 Å². The number of rotatable bonds is 4. The van der Waals surface area contributed by atoms with Crippen LogP contribution in [0, 0.1) is 13.8 Å². The van der Waals surface area contributed by atoms with Crippen LogP contribution in [-0.4, -0.2) is 19.5 Å². The smallest absolute Gasteiger partial charge is 0.336 e. The Kier molecular flexibility index (Phi) is 3.82. The first-order valence-corrected chi connectivity index (χ1v) is 8.08. The van der Waals surface area contributed by atoms with E-state index in [4.69, 9.17) is 5.11 Å². The van der Waals surface area contributed by atoms with Gasteiger partial charge in [-0.05, 0) is 31.5 Å². The highest BCUT2D eigenvalue weighted by atomic mass is 32.2. The van der Waals surface area contributed by atoms with Gasteiger partial charge in [-0.2, -0.15) is 0 Å². The lowest BCUT2D eigenvalue weighted by Gasteiger charge is -2.09. The molecule has 20 heavy (non-hydrogen) atoms. The van der Waals surface area contributed by atoms with Gasteiger partial charge in [0, 0.05) is 5.38 Å². The Bertz CT molecular complexity index is 762. The lowest BCUT2D eigenvalue weighted by molar-refractivity contribution is 0.0697. The van der Waals surface area contributed by atoms with Crippen LogP contribution < -0.4 is 4.72 Å². The van der Waals surface area contributed by atoms with Crippen molar-refractivity contribution in [3.8, 4) is 0 Å². The van der Waals surface area contributed by atoms with Gasteiger partial charge in [-0.1, -0.05) is 17.7 Å². The summed E-state index contributed by atoms with van der Waals surface area (Å²) in [5.41, 5.74) is 2.30. The number of carbonyl (C=O) groups is 1. The SMILES string of the molecule is Cc1ccc(NS(=O)(=O)c2cc(C(=O)O)cs2)c(C)c1.